The molecule has 0 amide bonds. The van der Waals surface area contributed by atoms with E-state index in [1.54, 1.807) is 0 Å². The third-order valence-electron chi connectivity index (χ3n) is 7.01. The fourth-order valence-corrected chi connectivity index (χ4v) is 5.51. The molecule has 1 N–H and O–H groups in total. The Morgan fingerprint density at radius 1 is 0.871 bits per heavy atom. The van der Waals surface area contributed by atoms with Crippen molar-refractivity contribution in [2.45, 2.75) is 50.2 Å². The number of ether oxygens (including phenoxy) is 1. The summed E-state index contributed by atoms with van der Waals surface area (Å²) in [6, 6.07) is 29.3. The summed E-state index contributed by atoms with van der Waals surface area (Å²) in [7, 11) is 0. The standard InChI is InChI=1S/C28H31NO.ClH/c1-2-13-24(14-3-1)28(21-30-20-23-11-5-7-16-26(23)28)18-9-19-29-27-17-8-12-22-10-4-6-15-25(22)27;/h1-7,10-11,13-16,27,29H,8-9,12,17-21H2;1H. The van der Waals surface area contributed by atoms with E-state index in [1.807, 2.05) is 0 Å². The highest BCUT2D eigenvalue weighted by Gasteiger charge is 2.38. The average Bonchev–Trinajstić information content (AvgIpc) is 2.82. The lowest BCUT2D eigenvalue weighted by molar-refractivity contribution is 0.0612. The second-order valence-electron chi connectivity index (χ2n) is 8.80. The van der Waals surface area contributed by atoms with E-state index in [2.05, 4.69) is 84.2 Å². The van der Waals surface area contributed by atoms with Crippen LogP contribution < -0.4 is 5.32 Å². The van der Waals surface area contributed by atoms with Gasteiger partial charge in [-0.3, -0.25) is 0 Å². The molecule has 1 aliphatic carbocycles. The molecule has 0 bridgehead atoms. The first kappa shape index (κ1) is 22.1. The Hall–Kier alpha value is -2.13. The van der Waals surface area contributed by atoms with Gasteiger partial charge in [-0.15, -0.1) is 12.4 Å². The molecule has 3 aromatic rings. The average molecular weight is 434 g/mol. The van der Waals surface area contributed by atoms with E-state index in [9.17, 15) is 0 Å². The van der Waals surface area contributed by atoms with Crippen molar-refractivity contribution in [2.75, 3.05) is 13.2 Å². The lowest BCUT2D eigenvalue weighted by Crippen LogP contribution is -2.38. The summed E-state index contributed by atoms with van der Waals surface area (Å²) in [5, 5.41) is 3.87. The molecule has 0 spiro atoms. The Labute approximate surface area is 192 Å². The van der Waals surface area contributed by atoms with Crippen LogP contribution in [0.3, 0.4) is 0 Å². The van der Waals surface area contributed by atoms with Crippen LogP contribution in [0, 0.1) is 0 Å². The number of nitrogens with one attached hydrogen (secondary N) is 1. The minimum Gasteiger partial charge on any atom is -0.375 e. The molecule has 2 nitrogen and oxygen atoms in total. The Morgan fingerprint density at radius 3 is 2.48 bits per heavy atom. The first-order valence-corrected chi connectivity index (χ1v) is 11.4. The molecule has 2 aliphatic rings. The monoisotopic (exact) mass is 433 g/mol. The van der Waals surface area contributed by atoms with Crippen LogP contribution in [-0.4, -0.2) is 13.2 Å². The highest BCUT2D eigenvalue weighted by atomic mass is 35.5. The van der Waals surface area contributed by atoms with Crippen LogP contribution in [0.25, 0.3) is 0 Å². The summed E-state index contributed by atoms with van der Waals surface area (Å²) in [5.74, 6) is 0. The van der Waals surface area contributed by atoms with Gasteiger partial charge in [-0.2, -0.15) is 0 Å². The number of rotatable bonds is 6. The van der Waals surface area contributed by atoms with Gasteiger partial charge in [0.1, 0.15) is 0 Å². The van der Waals surface area contributed by atoms with Gasteiger partial charge in [0, 0.05) is 11.5 Å². The normalized spacial score (nSPS) is 22.1. The number of hydrogen-bond acceptors (Lipinski definition) is 2. The molecule has 162 valence electrons. The van der Waals surface area contributed by atoms with Gasteiger partial charge in [-0.05, 0) is 66.5 Å². The summed E-state index contributed by atoms with van der Waals surface area (Å²) >= 11 is 0. The Kier molecular flexibility index (Phi) is 7.12. The third kappa shape index (κ3) is 4.43. The molecular formula is C28H32ClNO. The summed E-state index contributed by atoms with van der Waals surface area (Å²) in [6.07, 6.45) is 5.97. The summed E-state index contributed by atoms with van der Waals surface area (Å²) in [4.78, 5) is 0. The van der Waals surface area contributed by atoms with Gasteiger partial charge in [0.2, 0.25) is 0 Å². The van der Waals surface area contributed by atoms with Crippen molar-refractivity contribution < 1.29 is 4.74 Å². The van der Waals surface area contributed by atoms with Crippen molar-refractivity contribution in [1.29, 1.82) is 0 Å². The Bertz CT molecular complexity index is 989. The van der Waals surface area contributed by atoms with E-state index < -0.39 is 0 Å². The predicted octanol–water partition coefficient (Wildman–Crippen LogP) is 6.37. The molecule has 0 fully saturated rings. The second kappa shape index (κ2) is 9.99. The molecule has 0 saturated heterocycles. The maximum absolute atomic E-state index is 6.14. The molecule has 0 radical (unpaired) electrons. The van der Waals surface area contributed by atoms with Crippen molar-refractivity contribution >= 4 is 12.4 Å². The zero-order valence-corrected chi connectivity index (χ0v) is 18.9. The molecule has 1 heterocycles. The SMILES string of the molecule is Cl.c1ccc(C2(CCCNC3CCCc4ccccc43)COCc3ccccc32)cc1. The molecule has 1 aliphatic heterocycles. The largest absolute Gasteiger partial charge is 0.375 e. The molecular weight excluding hydrogens is 402 g/mol. The molecule has 3 aromatic carbocycles. The lowest BCUT2D eigenvalue weighted by Gasteiger charge is -2.40. The van der Waals surface area contributed by atoms with Gasteiger partial charge in [0.25, 0.3) is 0 Å². The summed E-state index contributed by atoms with van der Waals surface area (Å²) in [6.45, 7) is 2.53. The van der Waals surface area contributed by atoms with Crippen molar-refractivity contribution in [3.63, 3.8) is 0 Å². The molecule has 2 unspecified atom stereocenters. The third-order valence-corrected chi connectivity index (χ3v) is 7.01. The summed E-state index contributed by atoms with van der Waals surface area (Å²) in [5.41, 5.74) is 7.14. The number of hydrogen-bond donors (Lipinski definition) is 1. The van der Waals surface area contributed by atoms with E-state index in [-0.39, 0.29) is 17.8 Å². The summed E-state index contributed by atoms with van der Waals surface area (Å²) < 4.78 is 6.14. The van der Waals surface area contributed by atoms with E-state index in [4.69, 9.17) is 4.74 Å². The van der Waals surface area contributed by atoms with Crippen LogP contribution in [0.5, 0.6) is 0 Å². The number of benzene rings is 3. The van der Waals surface area contributed by atoms with Gasteiger partial charge in [0.05, 0.1) is 13.2 Å². The molecule has 31 heavy (non-hydrogen) atoms. The van der Waals surface area contributed by atoms with E-state index >= 15 is 0 Å². The first-order chi connectivity index (χ1) is 14.9. The Morgan fingerprint density at radius 2 is 1.61 bits per heavy atom. The first-order valence-electron chi connectivity index (χ1n) is 11.4. The van der Waals surface area contributed by atoms with Crippen LogP contribution >= 0.6 is 12.4 Å². The fraction of sp³-hybridized carbons (Fsp3) is 0.357. The van der Waals surface area contributed by atoms with Crippen molar-refractivity contribution in [3.8, 4) is 0 Å². The fourth-order valence-electron chi connectivity index (χ4n) is 5.51. The van der Waals surface area contributed by atoms with Gasteiger partial charge in [-0.1, -0.05) is 78.9 Å². The number of aryl methyl sites for hydroxylation is 1. The van der Waals surface area contributed by atoms with Crippen molar-refractivity contribution in [1.82, 2.24) is 5.32 Å². The van der Waals surface area contributed by atoms with Crippen LogP contribution in [0.2, 0.25) is 0 Å². The van der Waals surface area contributed by atoms with Gasteiger partial charge in [0.15, 0.2) is 0 Å². The minimum absolute atomic E-state index is 0. The number of halogens is 1. The molecule has 5 rings (SSSR count). The van der Waals surface area contributed by atoms with Gasteiger partial charge >= 0.3 is 0 Å². The van der Waals surface area contributed by atoms with Crippen LogP contribution in [0.1, 0.15) is 59.5 Å². The van der Waals surface area contributed by atoms with Gasteiger partial charge in [-0.25, -0.2) is 0 Å². The van der Waals surface area contributed by atoms with E-state index in [0.29, 0.717) is 6.04 Å². The Balaban J connectivity index is 0.00000231. The maximum Gasteiger partial charge on any atom is 0.0720 e. The smallest absolute Gasteiger partial charge is 0.0720 e. The van der Waals surface area contributed by atoms with Crippen LogP contribution in [0.4, 0.5) is 0 Å². The van der Waals surface area contributed by atoms with E-state index in [0.717, 1.165) is 32.6 Å². The molecule has 0 saturated carbocycles. The maximum atomic E-state index is 6.14. The van der Waals surface area contributed by atoms with Crippen LogP contribution in [0.15, 0.2) is 78.9 Å². The zero-order chi connectivity index (χ0) is 20.2. The molecule has 2 atom stereocenters. The molecule has 3 heteroatoms. The quantitative estimate of drug-likeness (QED) is 0.456. The highest BCUT2D eigenvalue weighted by molar-refractivity contribution is 5.85. The number of fused-ring (bicyclic) bond motifs is 2. The minimum atomic E-state index is -0.0533. The lowest BCUT2D eigenvalue weighted by atomic mass is 9.69. The van der Waals surface area contributed by atoms with E-state index in [1.165, 1.54) is 47.1 Å². The van der Waals surface area contributed by atoms with Crippen molar-refractivity contribution in [2.24, 2.45) is 0 Å². The predicted molar refractivity (Wildman–Crippen MR) is 130 cm³/mol. The second-order valence-corrected chi connectivity index (χ2v) is 8.80. The highest BCUT2D eigenvalue weighted by Crippen LogP contribution is 2.42. The van der Waals surface area contributed by atoms with Crippen molar-refractivity contribution in [3.05, 3.63) is 107 Å². The molecule has 0 aromatic heterocycles. The van der Waals surface area contributed by atoms with Gasteiger partial charge < -0.3 is 10.1 Å². The van der Waals surface area contributed by atoms with Crippen LogP contribution in [-0.2, 0) is 23.2 Å². The zero-order valence-electron chi connectivity index (χ0n) is 18.1. The topological polar surface area (TPSA) is 21.3 Å².